The highest BCUT2D eigenvalue weighted by Crippen LogP contribution is 2.24. The topological polar surface area (TPSA) is 77.7 Å². The minimum Gasteiger partial charge on any atom is -0.293 e. The Kier molecular flexibility index (Phi) is 4.31. The minimum atomic E-state index is 0.0340. The molecule has 144 valence electrons. The summed E-state index contributed by atoms with van der Waals surface area (Å²) < 4.78 is 2.73. The van der Waals surface area contributed by atoms with E-state index in [1.807, 2.05) is 49.4 Å². The van der Waals surface area contributed by atoms with Gasteiger partial charge in [0.05, 0.1) is 38.2 Å². The fraction of sp³-hybridized carbons (Fsp3) is 0.227. The quantitative estimate of drug-likeness (QED) is 0.570. The molecule has 3 heterocycles. The van der Waals surface area contributed by atoms with Crippen molar-refractivity contribution in [3.05, 3.63) is 80.2 Å². The molecule has 1 aliphatic rings. The van der Waals surface area contributed by atoms with E-state index >= 15 is 0 Å². The van der Waals surface area contributed by atoms with Gasteiger partial charge in [-0.15, -0.1) is 11.3 Å². The van der Waals surface area contributed by atoms with E-state index in [9.17, 15) is 4.79 Å². The molecular formula is C22H19N5OS. The Bertz CT molecular complexity index is 1320. The smallest absolute Gasteiger partial charge is 0.274 e. The van der Waals surface area contributed by atoms with Gasteiger partial charge in [0, 0.05) is 25.2 Å². The van der Waals surface area contributed by atoms with E-state index in [2.05, 4.69) is 21.1 Å². The number of aromatic amines is 1. The van der Waals surface area contributed by atoms with Crippen molar-refractivity contribution < 1.29 is 0 Å². The lowest BCUT2D eigenvalue weighted by atomic mass is 10.1. The molecule has 5 rings (SSSR count). The first-order valence-corrected chi connectivity index (χ1v) is 10.3. The fourth-order valence-corrected chi connectivity index (χ4v) is 4.82. The van der Waals surface area contributed by atoms with Crippen molar-refractivity contribution in [1.82, 2.24) is 19.7 Å². The molecule has 7 heteroatoms. The number of nitrogens with one attached hydrogen (secondary N) is 1. The van der Waals surface area contributed by atoms with E-state index < -0.39 is 0 Å². The van der Waals surface area contributed by atoms with Gasteiger partial charge in [-0.2, -0.15) is 5.26 Å². The monoisotopic (exact) mass is 401 g/mol. The summed E-state index contributed by atoms with van der Waals surface area (Å²) in [6, 6.07) is 15.8. The number of hydrogen-bond donors (Lipinski definition) is 1. The largest absolute Gasteiger partial charge is 0.293 e. The molecule has 0 fully saturated rings. The molecule has 0 saturated carbocycles. The van der Waals surface area contributed by atoms with Crippen LogP contribution in [-0.2, 0) is 19.5 Å². The van der Waals surface area contributed by atoms with Crippen molar-refractivity contribution in [3.8, 4) is 11.8 Å². The summed E-state index contributed by atoms with van der Waals surface area (Å²) in [7, 11) is 0. The average Bonchev–Trinajstić information content (AvgIpc) is 3.26. The highest BCUT2D eigenvalue weighted by molar-refractivity contribution is 7.18. The summed E-state index contributed by atoms with van der Waals surface area (Å²) >= 11 is 1.63. The Morgan fingerprint density at radius 1 is 1.28 bits per heavy atom. The second-order valence-corrected chi connectivity index (χ2v) is 8.60. The molecule has 0 bridgehead atoms. The van der Waals surface area contributed by atoms with Crippen LogP contribution in [-0.4, -0.2) is 26.2 Å². The van der Waals surface area contributed by atoms with E-state index in [1.165, 1.54) is 0 Å². The molecule has 1 N–H and O–H groups in total. The number of fused-ring (bicyclic) bond motifs is 2. The number of rotatable bonds is 3. The van der Waals surface area contributed by atoms with Crippen molar-refractivity contribution in [2.24, 2.45) is 0 Å². The molecule has 0 atom stereocenters. The molecule has 0 radical (unpaired) electrons. The van der Waals surface area contributed by atoms with Gasteiger partial charge in [-0.25, -0.2) is 9.67 Å². The first-order valence-electron chi connectivity index (χ1n) is 9.52. The van der Waals surface area contributed by atoms with Crippen molar-refractivity contribution in [1.29, 1.82) is 5.26 Å². The van der Waals surface area contributed by atoms with Gasteiger partial charge < -0.3 is 0 Å². The first-order chi connectivity index (χ1) is 14.1. The Balaban J connectivity index is 1.43. The molecule has 0 aliphatic carbocycles. The zero-order valence-electron chi connectivity index (χ0n) is 16.0. The molecule has 0 unspecified atom stereocenters. The second-order valence-electron chi connectivity index (χ2n) is 7.37. The SMILES string of the molecule is Cc1nc2ccc(-n3[nH]c4c(c3=O)CCN(Cc3cccc(C#N)c3)C4)cc2s1. The fourth-order valence-electron chi connectivity index (χ4n) is 3.96. The van der Waals surface area contributed by atoms with E-state index in [-0.39, 0.29) is 5.56 Å². The van der Waals surface area contributed by atoms with Crippen LogP contribution < -0.4 is 5.56 Å². The van der Waals surface area contributed by atoms with Gasteiger partial charge in [0.1, 0.15) is 0 Å². The maximum Gasteiger partial charge on any atom is 0.274 e. The summed E-state index contributed by atoms with van der Waals surface area (Å²) in [5, 5.41) is 13.4. The van der Waals surface area contributed by atoms with Crippen LogP contribution in [0.3, 0.4) is 0 Å². The maximum atomic E-state index is 13.0. The third-order valence-electron chi connectivity index (χ3n) is 5.33. The normalized spacial score (nSPS) is 14.1. The highest BCUT2D eigenvalue weighted by atomic mass is 32.1. The lowest BCUT2D eigenvalue weighted by molar-refractivity contribution is 0.242. The van der Waals surface area contributed by atoms with Gasteiger partial charge >= 0.3 is 0 Å². The Morgan fingerprint density at radius 3 is 3.03 bits per heavy atom. The maximum absolute atomic E-state index is 13.0. The number of aryl methyl sites for hydroxylation is 1. The van der Waals surface area contributed by atoms with Gasteiger partial charge in [0.15, 0.2) is 0 Å². The predicted molar refractivity (Wildman–Crippen MR) is 113 cm³/mol. The Labute approximate surface area is 171 Å². The molecule has 29 heavy (non-hydrogen) atoms. The molecule has 0 amide bonds. The van der Waals surface area contributed by atoms with Gasteiger partial charge in [0.2, 0.25) is 0 Å². The van der Waals surface area contributed by atoms with Gasteiger partial charge in [-0.1, -0.05) is 12.1 Å². The summed E-state index contributed by atoms with van der Waals surface area (Å²) in [6.45, 7) is 4.26. The first kappa shape index (κ1) is 17.9. The third-order valence-corrected chi connectivity index (χ3v) is 6.27. The number of nitrogens with zero attached hydrogens (tertiary/aromatic N) is 4. The van der Waals surface area contributed by atoms with Crippen molar-refractivity contribution in [3.63, 3.8) is 0 Å². The van der Waals surface area contributed by atoms with E-state index in [1.54, 1.807) is 16.0 Å². The molecule has 4 aromatic rings. The lowest BCUT2D eigenvalue weighted by Gasteiger charge is -2.25. The molecule has 1 aliphatic heterocycles. The Morgan fingerprint density at radius 2 is 2.17 bits per heavy atom. The van der Waals surface area contributed by atoms with E-state index in [0.29, 0.717) is 12.1 Å². The number of aromatic nitrogens is 3. The molecule has 6 nitrogen and oxygen atoms in total. The van der Waals surface area contributed by atoms with Crippen LogP contribution in [0.4, 0.5) is 0 Å². The van der Waals surface area contributed by atoms with Gasteiger partial charge in [0.25, 0.3) is 5.56 Å². The number of H-pyrrole nitrogens is 1. The molecule has 0 saturated heterocycles. The number of thiazole rings is 1. The highest BCUT2D eigenvalue weighted by Gasteiger charge is 2.23. The summed E-state index contributed by atoms with van der Waals surface area (Å²) in [5.74, 6) is 0. The molecule has 2 aromatic carbocycles. The zero-order chi connectivity index (χ0) is 20.0. The van der Waals surface area contributed by atoms with E-state index in [0.717, 1.165) is 57.2 Å². The van der Waals surface area contributed by atoms with Crippen LogP contribution >= 0.6 is 11.3 Å². The van der Waals surface area contributed by atoms with Crippen LogP contribution in [0.5, 0.6) is 0 Å². The molecule has 0 spiro atoms. The van der Waals surface area contributed by atoms with Crippen LogP contribution in [0, 0.1) is 18.3 Å². The van der Waals surface area contributed by atoms with Crippen LogP contribution in [0.25, 0.3) is 15.9 Å². The summed E-state index contributed by atoms with van der Waals surface area (Å²) in [5.41, 5.74) is 5.46. The number of benzene rings is 2. The Hall–Kier alpha value is -3.21. The number of nitriles is 1. The van der Waals surface area contributed by atoms with Gasteiger partial charge in [-0.3, -0.25) is 14.8 Å². The second kappa shape index (κ2) is 6.99. The third kappa shape index (κ3) is 3.27. The van der Waals surface area contributed by atoms with Crippen molar-refractivity contribution in [2.75, 3.05) is 6.54 Å². The zero-order valence-corrected chi connectivity index (χ0v) is 16.8. The van der Waals surface area contributed by atoms with Crippen molar-refractivity contribution >= 4 is 21.6 Å². The van der Waals surface area contributed by atoms with E-state index in [4.69, 9.17) is 5.26 Å². The van der Waals surface area contributed by atoms with Crippen LogP contribution in [0.15, 0.2) is 47.3 Å². The standard InChI is InChI=1S/C22H19N5OS/c1-14-24-19-6-5-17(10-21(19)29-14)27-22(28)18-7-8-26(13-20(18)25-27)12-16-4-2-3-15(9-16)11-23/h2-6,9-10,25H,7-8,12-13H2,1H3. The number of hydrogen-bond acceptors (Lipinski definition) is 5. The molecule has 2 aromatic heterocycles. The predicted octanol–water partition coefficient (Wildman–Crippen LogP) is 3.51. The average molecular weight is 401 g/mol. The van der Waals surface area contributed by atoms with Gasteiger partial charge in [-0.05, 0) is 49.2 Å². The molecular weight excluding hydrogens is 382 g/mol. The summed E-state index contributed by atoms with van der Waals surface area (Å²) in [6.07, 6.45) is 0.720. The van der Waals surface area contributed by atoms with Crippen LogP contribution in [0.2, 0.25) is 0 Å². The minimum absolute atomic E-state index is 0.0340. The van der Waals surface area contributed by atoms with Crippen molar-refractivity contribution in [2.45, 2.75) is 26.4 Å². The lowest BCUT2D eigenvalue weighted by Crippen LogP contribution is -2.31. The van der Waals surface area contributed by atoms with Crippen LogP contribution in [0.1, 0.15) is 27.4 Å². The summed E-state index contributed by atoms with van der Waals surface area (Å²) in [4.78, 5) is 19.8.